The average molecular weight is 409 g/mol. The fourth-order valence-electron chi connectivity index (χ4n) is 3.25. The van der Waals surface area contributed by atoms with Crippen LogP contribution in [0.4, 0.5) is 5.69 Å². The quantitative estimate of drug-likeness (QED) is 0.615. The maximum absolute atomic E-state index is 12.8. The molecule has 0 aliphatic carbocycles. The molecular formula is C23H23NO6. The van der Waals surface area contributed by atoms with Crippen LogP contribution in [-0.4, -0.2) is 25.2 Å². The van der Waals surface area contributed by atoms with Crippen LogP contribution in [0.2, 0.25) is 0 Å². The van der Waals surface area contributed by atoms with Crippen molar-refractivity contribution in [1.82, 2.24) is 0 Å². The van der Waals surface area contributed by atoms with Crippen LogP contribution in [0, 0.1) is 6.92 Å². The Hall–Kier alpha value is -3.74. The molecule has 1 aromatic heterocycles. The van der Waals surface area contributed by atoms with E-state index in [0.29, 0.717) is 22.7 Å². The lowest BCUT2D eigenvalue weighted by molar-refractivity contribution is -0.116. The molecule has 0 saturated carbocycles. The van der Waals surface area contributed by atoms with Crippen LogP contribution in [0.1, 0.15) is 29.2 Å². The lowest BCUT2D eigenvalue weighted by Gasteiger charge is -2.18. The molecular weight excluding hydrogens is 386 g/mol. The molecule has 0 saturated heterocycles. The van der Waals surface area contributed by atoms with Crippen LogP contribution in [0.3, 0.4) is 0 Å². The van der Waals surface area contributed by atoms with E-state index >= 15 is 0 Å². The van der Waals surface area contributed by atoms with Crippen molar-refractivity contribution in [2.45, 2.75) is 19.3 Å². The van der Waals surface area contributed by atoms with Gasteiger partial charge in [-0.2, -0.15) is 0 Å². The van der Waals surface area contributed by atoms with Crippen molar-refractivity contribution in [3.8, 4) is 17.2 Å². The zero-order chi connectivity index (χ0) is 21.7. The lowest BCUT2D eigenvalue weighted by atomic mass is 9.88. The van der Waals surface area contributed by atoms with Crippen LogP contribution in [0.5, 0.6) is 17.2 Å². The maximum Gasteiger partial charge on any atom is 0.343 e. The molecule has 0 unspecified atom stereocenters. The molecule has 1 heterocycles. The Morgan fingerprint density at radius 3 is 2.40 bits per heavy atom. The third kappa shape index (κ3) is 4.81. The van der Waals surface area contributed by atoms with Crippen molar-refractivity contribution in [1.29, 1.82) is 0 Å². The molecule has 0 aliphatic heterocycles. The summed E-state index contributed by atoms with van der Waals surface area (Å²) in [4.78, 5) is 25.3. The van der Waals surface area contributed by atoms with Gasteiger partial charge in [-0.05, 0) is 36.8 Å². The van der Waals surface area contributed by atoms with E-state index in [0.717, 1.165) is 0 Å². The first-order valence-corrected chi connectivity index (χ1v) is 9.32. The molecule has 2 aromatic carbocycles. The van der Waals surface area contributed by atoms with Gasteiger partial charge in [0.15, 0.2) is 0 Å². The van der Waals surface area contributed by atoms with Gasteiger partial charge in [0.1, 0.15) is 23.0 Å². The van der Waals surface area contributed by atoms with Crippen LogP contribution in [-0.2, 0) is 4.79 Å². The minimum atomic E-state index is -0.710. The van der Waals surface area contributed by atoms with E-state index in [4.69, 9.17) is 13.9 Å². The molecule has 0 bridgehead atoms. The maximum atomic E-state index is 12.8. The van der Waals surface area contributed by atoms with Crippen molar-refractivity contribution in [2.24, 2.45) is 0 Å². The van der Waals surface area contributed by atoms with Gasteiger partial charge >= 0.3 is 5.63 Å². The third-order valence-corrected chi connectivity index (χ3v) is 4.70. The number of anilines is 1. The van der Waals surface area contributed by atoms with E-state index in [2.05, 4.69) is 5.32 Å². The Morgan fingerprint density at radius 1 is 1.07 bits per heavy atom. The molecule has 156 valence electrons. The van der Waals surface area contributed by atoms with E-state index in [1.165, 1.54) is 6.07 Å². The first-order valence-electron chi connectivity index (χ1n) is 9.32. The van der Waals surface area contributed by atoms with Crippen molar-refractivity contribution in [3.05, 3.63) is 81.9 Å². The van der Waals surface area contributed by atoms with E-state index in [9.17, 15) is 14.7 Å². The molecule has 7 heteroatoms. The zero-order valence-electron chi connectivity index (χ0n) is 17.0. The number of aromatic hydroxyl groups is 1. The molecule has 1 atom stereocenters. The van der Waals surface area contributed by atoms with Gasteiger partial charge in [0.2, 0.25) is 5.91 Å². The normalized spacial score (nSPS) is 11.6. The average Bonchev–Trinajstić information content (AvgIpc) is 2.72. The highest BCUT2D eigenvalue weighted by molar-refractivity contribution is 5.91. The summed E-state index contributed by atoms with van der Waals surface area (Å²) in [5.74, 6) is 0.283. The Morgan fingerprint density at radius 2 is 1.77 bits per heavy atom. The summed E-state index contributed by atoms with van der Waals surface area (Å²) >= 11 is 0. The molecule has 3 rings (SSSR count). The highest BCUT2D eigenvalue weighted by atomic mass is 16.5. The molecule has 0 aliphatic rings. The van der Waals surface area contributed by atoms with E-state index < -0.39 is 11.5 Å². The molecule has 0 fully saturated rings. The monoisotopic (exact) mass is 409 g/mol. The number of methoxy groups -OCH3 is 2. The Bertz CT molecular complexity index is 1090. The molecule has 7 nitrogen and oxygen atoms in total. The number of aryl methyl sites for hydroxylation is 1. The predicted octanol–water partition coefficient (Wildman–Crippen LogP) is 3.83. The lowest BCUT2D eigenvalue weighted by Crippen LogP contribution is -2.21. The number of benzene rings is 2. The summed E-state index contributed by atoms with van der Waals surface area (Å²) in [6.45, 7) is 1.57. The van der Waals surface area contributed by atoms with E-state index in [1.54, 1.807) is 69.7 Å². The largest absolute Gasteiger partial charge is 0.507 e. The highest BCUT2D eigenvalue weighted by Crippen LogP contribution is 2.33. The number of carbonyl (C=O) groups excluding carboxylic acids is 1. The van der Waals surface area contributed by atoms with Gasteiger partial charge in [0.05, 0.1) is 19.8 Å². The van der Waals surface area contributed by atoms with Crippen LogP contribution >= 0.6 is 0 Å². The van der Waals surface area contributed by atoms with Crippen molar-refractivity contribution < 1.29 is 23.8 Å². The minimum Gasteiger partial charge on any atom is -0.507 e. The summed E-state index contributed by atoms with van der Waals surface area (Å²) in [6, 6.07) is 15.3. The second-order valence-electron chi connectivity index (χ2n) is 6.75. The number of nitrogens with one attached hydrogen (secondary N) is 1. The summed E-state index contributed by atoms with van der Waals surface area (Å²) in [7, 11) is 3.09. The summed E-state index contributed by atoms with van der Waals surface area (Å²) in [5.41, 5.74) is 0.588. The highest BCUT2D eigenvalue weighted by Gasteiger charge is 2.26. The number of ether oxygens (including phenoxy) is 2. The van der Waals surface area contributed by atoms with E-state index in [1.807, 2.05) is 0 Å². The fraction of sp³-hybridized carbons (Fsp3) is 0.217. The van der Waals surface area contributed by atoms with Gasteiger partial charge in [-0.3, -0.25) is 4.79 Å². The number of amides is 1. The van der Waals surface area contributed by atoms with Crippen molar-refractivity contribution in [3.63, 3.8) is 0 Å². The van der Waals surface area contributed by atoms with Crippen LogP contribution < -0.4 is 20.4 Å². The van der Waals surface area contributed by atoms with Crippen LogP contribution in [0.15, 0.2) is 63.8 Å². The Kier molecular flexibility index (Phi) is 6.41. The molecule has 0 radical (unpaired) electrons. The number of hydrogen-bond donors (Lipinski definition) is 2. The second-order valence-corrected chi connectivity index (χ2v) is 6.75. The summed E-state index contributed by atoms with van der Waals surface area (Å²) in [6.07, 6.45) is -0.0785. The molecule has 1 amide bonds. The summed E-state index contributed by atoms with van der Waals surface area (Å²) < 4.78 is 15.5. The van der Waals surface area contributed by atoms with Crippen LogP contribution in [0.25, 0.3) is 0 Å². The first kappa shape index (κ1) is 21.0. The summed E-state index contributed by atoms with van der Waals surface area (Å²) in [5, 5.41) is 13.2. The van der Waals surface area contributed by atoms with E-state index in [-0.39, 0.29) is 29.4 Å². The Balaban J connectivity index is 1.95. The zero-order valence-corrected chi connectivity index (χ0v) is 17.0. The molecule has 3 aromatic rings. The van der Waals surface area contributed by atoms with Gasteiger partial charge in [-0.1, -0.05) is 18.2 Å². The van der Waals surface area contributed by atoms with Gasteiger partial charge < -0.3 is 24.3 Å². The standard InChI is InChI=1S/C23H23NO6/c1-14-11-20(25)22(23(27)30-14)19(15-7-9-17(28-2)10-8-15)13-21(26)24-16-5-4-6-18(12-16)29-3/h4-12,19,25H,13H2,1-3H3,(H,24,26)/t19-/m1/s1. The molecule has 2 N–H and O–H groups in total. The van der Waals surface area contributed by atoms with Gasteiger partial charge in [-0.25, -0.2) is 4.79 Å². The third-order valence-electron chi connectivity index (χ3n) is 4.70. The topological polar surface area (TPSA) is 98.0 Å². The molecule has 0 spiro atoms. The smallest absolute Gasteiger partial charge is 0.343 e. The van der Waals surface area contributed by atoms with Crippen molar-refractivity contribution >= 4 is 11.6 Å². The van der Waals surface area contributed by atoms with Gasteiger partial charge in [-0.15, -0.1) is 0 Å². The number of carbonyl (C=O) groups is 1. The van der Waals surface area contributed by atoms with Gasteiger partial charge in [0.25, 0.3) is 0 Å². The Labute approximate surface area is 173 Å². The fourth-order valence-corrected chi connectivity index (χ4v) is 3.25. The second kappa shape index (κ2) is 9.17. The number of hydrogen-bond acceptors (Lipinski definition) is 6. The van der Waals surface area contributed by atoms with Crippen molar-refractivity contribution in [2.75, 3.05) is 19.5 Å². The minimum absolute atomic E-state index is 0.0339. The first-order chi connectivity index (χ1) is 14.4. The van der Waals surface area contributed by atoms with Gasteiger partial charge in [0, 0.05) is 30.2 Å². The number of rotatable bonds is 7. The SMILES string of the molecule is COc1ccc([C@@H](CC(=O)Nc2cccc(OC)c2)c2c(O)cc(C)oc2=O)cc1. The molecule has 30 heavy (non-hydrogen) atoms. The predicted molar refractivity (Wildman–Crippen MR) is 112 cm³/mol.